The molecular weight excluding hydrogens is 304 g/mol. The van der Waals surface area contributed by atoms with Crippen molar-refractivity contribution < 1.29 is 4.74 Å². The Balaban J connectivity index is 1.75. The summed E-state index contributed by atoms with van der Waals surface area (Å²) in [6, 6.07) is 14.4. The minimum Gasteiger partial charge on any atom is -0.497 e. The molecule has 0 spiro atoms. The molecule has 108 valence electrons. The molecule has 0 atom stereocenters. The van der Waals surface area contributed by atoms with E-state index in [0.717, 1.165) is 22.5 Å². The number of hydrogen-bond acceptors (Lipinski definition) is 3. The zero-order valence-corrected chi connectivity index (χ0v) is 13.4. The Morgan fingerprint density at radius 2 is 1.95 bits per heavy atom. The van der Waals surface area contributed by atoms with Gasteiger partial charge in [-0.2, -0.15) is 0 Å². The number of benzene rings is 2. The highest BCUT2D eigenvalue weighted by Gasteiger charge is 2.06. The average Bonchev–Trinajstić information content (AvgIpc) is 2.80. The summed E-state index contributed by atoms with van der Waals surface area (Å²) in [4.78, 5) is 5.54. The number of aryl methyl sites for hydroxylation is 1. The number of ether oxygens (including phenoxy) is 1. The van der Waals surface area contributed by atoms with Crippen molar-refractivity contribution in [2.24, 2.45) is 7.05 Å². The van der Waals surface area contributed by atoms with Gasteiger partial charge in [-0.05, 0) is 47.5 Å². The summed E-state index contributed by atoms with van der Waals surface area (Å²) in [6.45, 7) is 0. The van der Waals surface area contributed by atoms with Crippen molar-refractivity contribution in [3.05, 3.63) is 53.3 Å². The smallest absolute Gasteiger partial charge is 0.203 e. The maximum atomic E-state index is 6.04. The van der Waals surface area contributed by atoms with Crippen LogP contribution in [0.4, 0.5) is 0 Å². The van der Waals surface area contributed by atoms with Gasteiger partial charge in [0.25, 0.3) is 0 Å². The van der Waals surface area contributed by atoms with E-state index in [9.17, 15) is 0 Å². The summed E-state index contributed by atoms with van der Waals surface area (Å²) in [5.41, 5.74) is 3.25. The van der Waals surface area contributed by atoms with E-state index in [-0.39, 0.29) is 0 Å². The molecule has 0 aliphatic rings. The third kappa shape index (κ3) is 3.01. The van der Waals surface area contributed by atoms with Crippen molar-refractivity contribution in [1.29, 1.82) is 0 Å². The molecule has 0 saturated heterocycles. The average molecular weight is 319 g/mol. The van der Waals surface area contributed by atoms with Crippen LogP contribution >= 0.6 is 23.4 Å². The van der Waals surface area contributed by atoms with E-state index in [1.54, 1.807) is 18.9 Å². The third-order valence-corrected chi connectivity index (χ3v) is 4.77. The second-order valence-corrected chi connectivity index (χ2v) is 6.11. The molecule has 1 aromatic heterocycles. The Bertz CT molecular complexity index is 768. The highest BCUT2D eigenvalue weighted by molar-refractivity contribution is 7.98. The zero-order valence-electron chi connectivity index (χ0n) is 11.8. The Morgan fingerprint density at radius 3 is 2.67 bits per heavy atom. The lowest BCUT2D eigenvalue weighted by molar-refractivity contribution is 0.414. The molecule has 3 aromatic rings. The first-order chi connectivity index (χ1) is 10.2. The summed E-state index contributed by atoms with van der Waals surface area (Å²) >= 11 is 7.82. The van der Waals surface area contributed by atoms with Gasteiger partial charge in [0, 0.05) is 17.7 Å². The van der Waals surface area contributed by atoms with Crippen LogP contribution in [0, 0.1) is 0 Å². The van der Waals surface area contributed by atoms with Crippen molar-refractivity contribution in [2.45, 2.75) is 10.6 Å². The second-order valence-electron chi connectivity index (χ2n) is 4.73. The first-order valence-electron chi connectivity index (χ1n) is 6.55. The number of imidazole rings is 1. The predicted octanol–water partition coefficient (Wildman–Crippen LogP) is 4.53. The van der Waals surface area contributed by atoms with E-state index in [4.69, 9.17) is 16.3 Å². The van der Waals surface area contributed by atoms with Crippen molar-refractivity contribution in [2.75, 3.05) is 7.11 Å². The molecule has 0 amide bonds. The van der Waals surface area contributed by atoms with Crippen LogP contribution in [0.25, 0.3) is 11.0 Å². The van der Waals surface area contributed by atoms with E-state index in [0.29, 0.717) is 5.28 Å². The van der Waals surface area contributed by atoms with Crippen LogP contribution in [0.15, 0.2) is 47.4 Å². The number of nitrogens with zero attached hydrogens (tertiary/aromatic N) is 2. The lowest BCUT2D eigenvalue weighted by Crippen LogP contribution is -1.86. The topological polar surface area (TPSA) is 27.1 Å². The molecule has 5 heteroatoms. The summed E-state index contributed by atoms with van der Waals surface area (Å²) in [6.07, 6.45) is 0. The van der Waals surface area contributed by atoms with Crippen LogP contribution in [0.5, 0.6) is 5.75 Å². The van der Waals surface area contributed by atoms with Gasteiger partial charge in [0.2, 0.25) is 5.28 Å². The first kappa shape index (κ1) is 14.3. The number of thioether (sulfide) groups is 1. The van der Waals surface area contributed by atoms with Gasteiger partial charge in [0.15, 0.2) is 0 Å². The lowest BCUT2D eigenvalue weighted by atomic mass is 10.2. The van der Waals surface area contributed by atoms with Crippen LogP contribution in [-0.2, 0) is 12.8 Å². The Labute approximate surface area is 132 Å². The van der Waals surface area contributed by atoms with Crippen molar-refractivity contribution in [1.82, 2.24) is 9.55 Å². The van der Waals surface area contributed by atoms with Gasteiger partial charge >= 0.3 is 0 Å². The molecule has 3 nitrogen and oxygen atoms in total. The number of aromatic nitrogens is 2. The van der Waals surface area contributed by atoms with Crippen molar-refractivity contribution in [3.8, 4) is 5.75 Å². The van der Waals surface area contributed by atoms with E-state index in [1.807, 2.05) is 23.7 Å². The van der Waals surface area contributed by atoms with Crippen molar-refractivity contribution >= 4 is 34.4 Å². The van der Waals surface area contributed by atoms with Gasteiger partial charge in [-0.3, -0.25) is 0 Å². The summed E-state index contributed by atoms with van der Waals surface area (Å²) in [5, 5.41) is 0.516. The highest BCUT2D eigenvalue weighted by Crippen LogP contribution is 2.28. The van der Waals surface area contributed by atoms with E-state index < -0.39 is 0 Å². The molecule has 0 radical (unpaired) electrons. The van der Waals surface area contributed by atoms with Crippen LogP contribution < -0.4 is 4.74 Å². The highest BCUT2D eigenvalue weighted by atomic mass is 35.5. The number of hydrogen-bond donors (Lipinski definition) is 0. The summed E-state index contributed by atoms with van der Waals surface area (Å²) in [7, 11) is 3.60. The number of rotatable bonds is 4. The molecule has 0 saturated carbocycles. The van der Waals surface area contributed by atoms with E-state index in [2.05, 4.69) is 35.3 Å². The van der Waals surface area contributed by atoms with E-state index in [1.165, 1.54) is 10.5 Å². The molecule has 3 rings (SSSR count). The number of fused-ring (bicyclic) bond motifs is 1. The minimum absolute atomic E-state index is 0.516. The quantitative estimate of drug-likeness (QED) is 0.661. The monoisotopic (exact) mass is 318 g/mol. The Morgan fingerprint density at radius 1 is 1.19 bits per heavy atom. The Hall–Kier alpha value is -1.65. The molecule has 0 fully saturated rings. The third-order valence-electron chi connectivity index (χ3n) is 3.36. The van der Waals surface area contributed by atoms with E-state index >= 15 is 0 Å². The summed E-state index contributed by atoms with van der Waals surface area (Å²) in [5.74, 6) is 1.80. The zero-order chi connectivity index (χ0) is 14.8. The fraction of sp³-hybridized carbons (Fsp3) is 0.188. The number of methoxy groups -OCH3 is 1. The largest absolute Gasteiger partial charge is 0.497 e. The lowest BCUT2D eigenvalue weighted by Gasteiger charge is -2.04. The standard InChI is InChI=1S/C16H15ClN2OS/c1-19-15-8-7-13(9-14(15)18-16(19)17)21-10-11-3-5-12(20-2)6-4-11/h3-9H,10H2,1-2H3. The second kappa shape index (κ2) is 6.00. The van der Waals surface area contributed by atoms with Gasteiger partial charge in [0.1, 0.15) is 5.75 Å². The minimum atomic E-state index is 0.516. The molecule has 0 N–H and O–H groups in total. The van der Waals surface area contributed by atoms with Crippen molar-refractivity contribution in [3.63, 3.8) is 0 Å². The van der Waals surface area contributed by atoms with Crippen LogP contribution in [-0.4, -0.2) is 16.7 Å². The fourth-order valence-corrected chi connectivity index (χ4v) is 3.20. The molecule has 2 aromatic carbocycles. The maximum Gasteiger partial charge on any atom is 0.203 e. The van der Waals surface area contributed by atoms with Crippen LogP contribution in [0.1, 0.15) is 5.56 Å². The van der Waals surface area contributed by atoms with Gasteiger partial charge in [-0.1, -0.05) is 12.1 Å². The Kier molecular flexibility index (Phi) is 4.08. The molecular formula is C16H15ClN2OS. The fourth-order valence-electron chi connectivity index (χ4n) is 2.13. The molecule has 1 heterocycles. The summed E-state index contributed by atoms with van der Waals surface area (Å²) < 4.78 is 7.05. The van der Waals surface area contributed by atoms with Gasteiger partial charge < -0.3 is 9.30 Å². The normalized spacial score (nSPS) is 11.0. The SMILES string of the molecule is COc1ccc(CSc2ccc3c(c2)nc(Cl)n3C)cc1. The molecule has 0 aliphatic heterocycles. The predicted molar refractivity (Wildman–Crippen MR) is 88.3 cm³/mol. The first-order valence-corrected chi connectivity index (χ1v) is 7.91. The molecule has 0 unspecified atom stereocenters. The van der Waals surface area contributed by atoms with Gasteiger partial charge in [-0.25, -0.2) is 4.98 Å². The molecule has 0 bridgehead atoms. The van der Waals surface area contributed by atoms with Gasteiger partial charge in [0.05, 0.1) is 18.1 Å². The van der Waals surface area contributed by atoms with Gasteiger partial charge in [-0.15, -0.1) is 11.8 Å². The van der Waals surface area contributed by atoms with Crippen LogP contribution in [0.3, 0.4) is 0 Å². The number of halogens is 1. The maximum absolute atomic E-state index is 6.04. The van der Waals surface area contributed by atoms with Crippen LogP contribution in [0.2, 0.25) is 5.28 Å². The molecule has 0 aliphatic carbocycles. The molecule has 21 heavy (non-hydrogen) atoms.